The minimum absolute atomic E-state index is 0.600. The summed E-state index contributed by atoms with van der Waals surface area (Å²) in [4.78, 5) is 4.69. The topological polar surface area (TPSA) is 46.5 Å². The molecule has 0 unspecified atom stereocenters. The molecule has 0 aliphatic heterocycles. The molecule has 10 aromatic rings. The zero-order valence-corrected chi connectivity index (χ0v) is 28.1. The Labute approximate surface area is 300 Å². The van der Waals surface area contributed by atoms with Crippen LogP contribution in [0.15, 0.2) is 182 Å². The lowest BCUT2D eigenvalue weighted by Crippen LogP contribution is -2.02. The van der Waals surface area contributed by atoms with E-state index in [1.165, 1.54) is 43.8 Å². The average Bonchev–Trinajstić information content (AvgIpc) is 3.73. The van der Waals surface area contributed by atoms with Crippen LogP contribution in [0, 0.1) is 11.3 Å². The summed E-state index contributed by atoms with van der Waals surface area (Å²) in [5, 5.41) is 14.9. The van der Waals surface area contributed by atoms with Crippen molar-refractivity contribution in [3.8, 4) is 50.8 Å². The van der Waals surface area contributed by atoms with Gasteiger partial charge in [0.05, 0.1) is 51.3 Å². The highest BCUT2D eigenvalue weighted by Crippen LogP contribution is 2.42. The van der Waals surface area contributed by atoms with Gasteiger partial charge in [0.15, 0.2) is 0 Å². The maximum Gasteiger partial charge on any atom is 0.0991 e. The van der Waals surface area contributed by atoms with Crippen molar-refractivity contribution in [1.29, 1.82) is 5.26 Å². The Morgan fingerprint density at radius 3 is 1.50 bits per heavy atom. The van der Waals surface area contributed by atoms with Crippen molar-refractivity contribution in [3.05, 3.63) is 188 Å². The third-order valence-electron chi connectivity index (χ3n) is 10.3. The molecule has 0 N–H and O–H groups in total. The first-order chi connectivity index (χ1) is 25.8. The molecule has 7 aromatic carbocycles. The van der Waals surface area contributed by atoms with Gasteiger partial charge in [0.25, 0.3) is 0 Å². The largest absolute Gasteiger partial charge is 0.309 e. The van der Waals surface area contributed by atoms with Crippen molar-refractivity contribution in [3.63, 3.8) is 0 Å². The molecule has 0 bridgehead atoms. The molecule has 0 saturated heterocycles. The highest BCUT2D eigenvalue weighted by Gasteiger charge is 2.21. The molecule has 4 heteroatoms. The number of pyridine rings is 1. The number of fused-ring (bicyclic) bond motifs is 6. The van der Waals surface area contributed by atoms with E-state index in [4.69, 9.17) is 0 Å². The monoisotopic (exact) mass is 662 g/mol. The number of hydrogen-bond donors (Lipinski definition) is 0. The van der Waals surface area contributed by atoms with E-state index in [0.717, 1.165) is 44.6 Å². The first-order valence-electron chi connectivity index (χ1n) is 17.4. The lowest BCUT2D eigenvalue weighted by molar-refractivity contribution is 1.13. The molecule has 4 nitrogen and oxygen atoms in total. The number of aromatic nitrogens is 3. The molecule has 0 radical (unpaired) electrons. The molecule has 0 aliphatic carbocycles. The van der Waals surface area contributed by atoms with Crippen LogP contribution in [-0.4, -0.2) is 14.1 Å². The standard InChI is InChI=1S/C48H30N4/c49-30-32-19-22-45(51-43-17-9-7-15-37(43)41-28-35(20-23-46(41)51)33-11-3-1-4-12-33)40(27-32)39-25-26-50-31-48(39)52-44-18-10-8-16-38(44)42-29-36(21-24-47(42)52)34-13-5-2-6-14-34/h1-29,31H. The fraction of sp³-hybridized carbons (Fsp3) is 0. The summed E-state index contributed by atoms with van der Waals surface area (Å²) in [5.74, 6) is 0. The molecule has 52 heavy (non-hydrogen) atoms. The van der Waals surface area contributed by atoms with Crippen LogP contribution in [0.1, 0.15) is 5.56 Å². The molecule has 3 heterocycles. The average molecular weight is 663 g/mol. The van der Waals surface area contributed by atoms with E-state index in [1.807, 2.05) is 24.5 Å². The van der Waals surface area contributed by atoms with E-state index in [9.17, 15) is 5.26 Å². The van der Waals surface area contributed by atoms with E-state index < -0.39 is 0 Å². The summed E-state index contributed by atoms with van der Waals surface area (Å²) in [7, 11) is 0. The van der Waals surface area contributed by atoms with Gasteiger partial charge >= 0.3 is 0 Å². The number of nitriles is 1. The zero-order chi connectivity index (χ0) is 34.6. The van der Waals surface area contributed by atoms with Crippen LogP contribution < -0.4 is 0 Å². The predicted octanol–water partition coefficient (Wildman–Crippen LogP) is 12.1. The van der Waals surface area contributed by atoms with Gasteiger partial charge in [-0.2, -0.15) is 5.26 Å². The van der Waals surface area contributed by atoms with Crippen LogP contribution in [0.25, 0.3) is 88.4 Å². The van der Waals surface area contributed by atoms with Gasteiger partial charge in [0, 0.05) is 38.9 Å². The minimum atomic E-state index is 0.600. The molecule has 0 fully saturated rings. The van der Waals surface area contributed by atoms with Gasteiger partial charge in [-0.05, 0) is 82.9 Å². The van der Waals surface area contributed by atoms with Crippen molar-refractivity contribution < 1.29 is 0 Å². The Hall–Kier alpha value is -7.22. The molecule has 0 aliphatic rings. The Kier molecular flexibility index (Phi) is 6.84. The van der Waals surface area contributed by atoms with Gasteiger partial charge in [0.2, 0.25) is 0 Å². The quantitative estimate of drug-likeness (QED) is 0.184. The molecule has 0 atom stereocenters. The van der Waals surface area contributed by atoms with Crippen LogP contribution >= 0.6 is 0 Å². The Morgan fingerprint density at radius 2 is 0.923 bits per heavy atom. The summed E-state index contributed by atoms with van der Waals surface area (Å²) in [5.41, 5.74) is 13.6. The van der Waals surface area contributed by atoms with Crippen molar-refractivity contribution in [2.24, 2.45) is 0 Å². The lowest BCUT2D eigenvalue weighted by atomic mass is 9.99. The van der Waals surface area contributed by atoms with Gasteiger partial charge in [-0.1, -0.05) is 109 Å². The second kappa shape index (κ2) is 12.0. The van der Waals surface area contributed by atoms with Crippen LogP contribution in [-0.2, 0) is 0 Å². The summed E-state index contributed by atoms with van der Waals surface area (Å²) in [6.07, 6.45) is 3.80. The second-order valence-corrected chi connectivity index (χ2v) is 13.1. The van der Waals surface area contributed by atoms with Gasteiger partial charge < -0.3 is 9.13 Å². The van der Waals surface area contributed by atoms with Crippen LogP contribution in [0.5, 0.6) is 0 Å². The first kappa shape index (κ1) is 29.7. The Balaban J connectivity index is 1.24. The summed E-state index contributed by atoms with van der Waals surface area (Å²) < 4.78 is 4.67. The normalized spacial score (nSPS) is 11.4. The van der Waals surface area contributed by atoms with Gasteiger partial charge in [0.1, 0.15) is 0 Å². The first-order valence-corrected chi connectivity index (χ1v) is 17.4. The Bertz CT molecular complexity index is 3020. The SMILES string of the molecule is N#Cc1ccc(-n2c3ccccc3c3cc(-c4ccccc4)ccc32)c(-c2ccncc2-n2c3ccccc3c3cc(-c4ccccc4)ccc32)c1. The molecule has 10 rings (SSSR count). The fourth-order valence-electron chi connectivity index (χ4n) is 7.89. The van der Waals surface area contributed by atoms with Crippen molar-refractivity contribution in [2.45, 2.75) is 0 Å². The van der Waals surface area contributed by atoms with E-state index in [0.29, 0.717) is 5.56 Å². The van der Waals surface area contributed by atoms with E-state index in [-0.39, 0.29) is 0 Å². The summed E-state index contributed by atoms with van der Waals surface area (Å²) in [6, 6.07) is 62.2. The van der Waals surface area contributed by atoms with Crippen molar-refractivity contribution >= 4 is 43.6 Å². The van der Waals surface area contributed by atoms with E-state index in [2.05, 4.69) is 178 Å². The fourth-order valence-corrected chi connectivity index (χ4v) is 7.89. The second-order valence-electron chi connectivity index (χ2n) is 13.1. The van der Waals surface area contributed by atoms with Gasteiger partial charge in [-0.3, -0.25) is 4.98 Å². The van der Waals surface area contributed by atoms with E-state index in [1.54, 1.807) is 0 Å². The van der Waals surface area contributed by atoms with E-state index >= 15 is 0 Å². The molecule has 0 saturated carbocycles. The third-order valence-corrected chi connectivity index (χ3v) is 10.3. The Morgan fingerprint density at radius 1 is 0.404 bits per heavy atom. The summed E-state index contributed by atoms with van der Waals surface area (Å²) in [6.45, 7) is 0. The van der Waals surface area contributed by atoms with Crippen LogP contribution in [0.2, 0.25) is 0 Å². The molecule has 0 amide bonds. The molecule has 242 valence electrons. The maximum absolute atomic E-state index is 10.2. The molecular formula is C48H30N4. The predicted molar refractivity (Wildman–Crippen MR) is 214 cm³/mol. The number of rotatable bonds is 5. The zero-order valence-electron chi connectivity index (χ0n) is 28.1. The number of benzene rings is 7. The van der Waals surface area contributed by atoms with Crippen LogP contribution in [0.4, 0.5) is 0 Å². The minimum Gasteiger partial charge on any atom is -0.309 e. The van der Waals surface area contributed by atoms with Crippen molar-refractivity contribution in [1.82, 2.24) is 14.1 Å². The highest BCUT2D eigenvalue weighted by molar-refractivity contribution is 6.12. The van der Waals surface area contributed by atoms with Gasteiger partial charge in [-0.25, -0.2) is 0 Å². The third kappa shape index (κ3) is 4.65. The molecule has 0 spiro atoms. The molecule has 3 aromatic heterocycles. The highest BCUT2D eigenvalue weighted by atomic mass is 15.0. The molecular weight excluding hydrogens is 633 g/mol. The summed E-state index contributed by atoms with van der Waals surface area (Å²) >= 11 is 0. The number of para-hydroxylation sites is 2. The smallest absolute Gasteiger partial charge is 0.0991 e. The lowest BCUT2D eigenvalue weighted by Gasteiger charge is -2.18. The van der Waals surface area contributed by atoms with Gasteiger partial charge in [-0.15, -0.1) is 0 Å². The number of nitrogens with zero attached hydrogens (tertiary/aromatic N) is 4. The van der Waals surface area contributed by atoms with Crippen LogP contribution in [0.3, 0.4) is 0 Å². The number of hydrogen-bond acceptors (Lipinski definition) is 2. The maximum atomic E-state index is 10.2. The van der Waals surface area contributed by atoms with Crippen molar-refractivity contribution in [2.75, 3.05) is 0 Å².